The molecule has 20 heavy (non-hydrogen) atoms. The van der Waals surface area contributed by atoms with Crippen molar-refractivity contribution in [2.75, 3.05) is 10.7 Å². The summed E-state index contributed by atoms with van der Waals surface area (Å²) in [5.74, 6) is 5.32. The van der Waals surface area contributed by atoms with Gasteiger partial charge in [0.05, 0.1) is 22.8 Å². The monoisotopic (exact) mass is 280 g/mol. The minimum Gasteiger partial charge on any atom is -0.391 e. The highest BCUT2D eigenvalue weighted by molar-refractivity contribution is 5.63. The molecular formula is C13H20N4O3. The lowest BCUT2D eigenvalue weighted by Gasteiger charge is -2.23. The Morgan fingerprint density at radius 1 is 1.20 bits per heavy atom. The van der Waals surface area contributed by atoms with Crippen LogP contribution in [0.15, 0.2) is 18.2 Å². The molecule has 1 saturated carbocycles. The van der Waals surface area contributed by atoms with Crippen molar-refractivity contribution in [3.8, 4) is 0 Å². The number of hydrazine groups is 1. The molecule has 0 saturated heterocycles. The molecule has 1 aromatic carbocycles. The first-order valence-corrected chi connectivity index (χ1v) is 6.81. The topological polar surface area (TPSA) is 113 Å². The molecule has 1 aliphatic carbocycles. The van der Waals surface area contributed by atoms with Gasteiger partial charge in [-0.05, 0) is 18.9 Å². The molecule has 1 aromatic rings. The third kappa shape index (κ3) is 3.58. The van der Waals surface area contributed by atoms with Crippen LogP contribution < -0.4 is 16.6 Å². The molecule has 2 rings (SSSR count). The highest BCUT2D eigenvalue weighted by Crippen LogP contribution is 2.27. The van der Waals surface area contributed by atoms with Crippen LogP contribution in [0.1, 0.15) is 32.1 Å². The maximum atomic E-state index is 10.9. The fourth-order valence-electron chi connectivity index (χ4n) is 2.55. The standard InChI is InChI=1S/C13H20N4O3/c14-16-10-6-9(7-11(8-10)17(19)20)15-12-4-2-1-3-5-13(12)18/h6-8,12-13,15-16,18H,1-5,14H2. The molecule has 0 heterocycles. The number of anilines is 2. The number of hydrogen-bond donors (Lipinski definition) is 4. The molecular weight excluding hydrogens is 260 g/mol. The number of nitrogens with one attached hydrogen (secondary N) is 2. The lowest BCUT2D eigenvalue weighted by atomic mass is 10.1. The molecule has 0 spiro atoms. The summed E-state index contributed by atoms with van der Waals surface area (Å²) >= 11 is 0. The summed E-state index contributed by atoms with van der Waals surface area (Å²) in [5, 5.41) is 24.2. The average Bonchev–Trinajstić information content (AvgIpc) is 2.64. The van der Waals surface area contributed by atoms with Gasteiger partial charge in [0.2, 0.25) is 0 Å². The number of nitro benzene ring substituents is 1. The van der Waals surface area contributed by atoms with E-state index in [-0.39, 0.29) is 11.7 Å². The second-order valence-corrected chi connectivity index (χ2v) is 5.13. The zero-order chi connectivity index (χ0) is 14.5. The normalized spacial score (nSPS) is 22.9. The molecule has 0 amide bonds. The van der Waals surface area contributed by atoms with Gasteiger partial charge in [-0.15, -0.1) is 0 Å². The predicted octanol–water partition coefficient (Wildman–Crippen LogP) is 1.99. The van der Waals surface area contributed by atoms with Gasteiger partial charge in [-0.3, -0.25) is 16.0 Å². The molecule has 7 heteroatoms. The van der Waals surface area contributed by atoms with Gasteiger partial charge in [-0.1, -0.05) is 19.3 Å². The van der Waals surface area contributed by atoms with Crippen LogP contribution in [0, 0.1) is 10.1 Å². The van der Waals surface area contributed by atoms with Crippen molar-refractivity contribution in [2.24, 2.45) is 5.84 Å². The number of nitrogen functional groups attached to an aromatic ring is 1. The van der Waals surface area contributed by atoms with Crippen LogP contribution in [0.25, 0.3) is 0 Å². The van der Waals surface area contributed by atoms with E-state index in [1.54, 1.807) is 6.07 Å². The second kappa shape index (κ2) is 6.53. The smallest absolute Gasteiger partial charge is 0.273 e. The van der Waals surface area contributed by atoms with Crippen molar-refractivity contribution in [2.45, 2.75) is 44.2 Å². The van der Waals surface area contributed by atoms with Crippen LogP contribution in [0.5, 0.6) is 0 Å². The summed E-state index contributed by atoms with van der Waals surface area (Å²) in [6.45, 7) is 0. The van der Waals surface area contributed by atoms with E-state index >= 15 is 0 Å². The third-order valence-electron chi connectivity index (χ3n) is 3.63. The molecule has 7 nitrogen and oxygen atoms in total. The molecule has 1 aliphatic rings. The molecule has 5 N–H and O–H groups in total. The number of nitrogens with zero attached hydrogens (tertiary/aromatic N) is 1. The first-order valence-electron chi connectivity index (χ1n) is 6.81. The third-order valence-corrected chi connectivity index (χ3v) is 3.63. The van der Waals surface area contributed by atoms with Crippen LogP contribution in [0.2, 0.25) is 0 Å². The quantitative estimate of drug-likeness (QED) is 0.290. The van der Waals surface area contributed by atoms with Gasteiger partial charge in [-0.25, -0.2) is 0 Å². The Morgan fingerprint density at radius 3 is 2.60 bits per heavy atom. The number of nitrogens with two attached hydrogens (primary N) is 1. The van der Waals surface area contributed by atoms with Gasteiger partial charge in [0.15, 0.2) is 0 Å². The lowest BCUT2D eigenvalue weighted by molar-refractivity contribution is -0.384. The Hall–Kier alpha value is -1.86. The van der Waals surface area contributed by atoms with Crippen molar-refractivity contribution in [3.63, 3.8) is 0 Å². The minimum atomic E-state index is -0.463. The predicted molar refractivity (Wildman–Crippen MR) is 77.4 cm³/mol. The average molecular weight is 280 g/mol. The van der Waals surface area contributed by atoms with Crippen molar-refractivity contribution in [1.29, 1.82) is 0 Å². The van der Waals surface area contributed by atoms with Crippen molar-refractivity contribution in [1.82, 2.24) is 0 Å². The molecule has 0 aliphatic heterocycles. The highest BCUT2D eigenvalue weighted by Gasteiger charge is 2.22. The Balaban J connectivity index is 2.18. The second-order valence-electron chi connectivity index (χ2n) is 5.13. The summed E-state index contributed by atoms with van der Waals surface area (Å²) in [6.07, 6.45) is 4.37. The Kier molecular flexibility index (Phi) is 4.75. The molecule has 0 bridgehead atoms. The van der Waals surface area contributed by atoms with Crippen LogP contribution in [0.3, 0.4) is 0 Å². The van der Waals surface area contributed by atoms with Gasteiger partial charge in [0, 0.05) is 17.8 Å². The minimum absolute atomic E-state index is 0.0361. The molecule has 2 unspecified atom stereocenters. The van der Waals surface area contributed by atoms with E-state index in [2.05, 4.69) is 10.7 Å². The van der Waals surface area contributed by atoms with E-state index in [1.165, 1.54) is 12.1 Å². The Morgan fingerprint density at radius 2 is 1.90 bits per heavy atom. The molecule has 1 fully saturated rings. The molecule has 0 radical (unpaired) electrons. The van der Waals surface area contributed by atoms with Gasteiger partial charge in [-0.2, -0.15) is 0 Å². The number of benzene rings is 1. The number of aliphatic hydroxyl groups excluding tert-OH is 1. The number of hydrogen-bond acceptors (Lipinski definition) is 6. The van der Waals surface area contributed by atoms with E-state index in [4.69, 9.17) is 5.84 Å². The van der Waals surface area contributed by atoms with Crippen molar-refractivity contribution in [3.05, 3.63) is 28.3 Å². The molecule has 0 aromatic heterocycles. The van der Waals surface area contributed by atoms with Gasteiger partial charge in [0.1, 0.15) is 0 Å². The fraction of sp³-hybridized carbons (Fsp3) is 0.538. The maximum absolute atomic E-state index is 10.9. The highest BCUT2D eigenvalue weighted by atomic mass is 16.6. The number of nitro groups is 1. The zero-order valence-corrected chi connectivity index (χ0v) is 11.2. The SMILES string of the molecule is NNc1cc(NC2CCCCCC2O)cc([N+](=O)[O-])c1. The summed E-state index contributed by atoms with van der Waals surface area (Å²) in [6, 6.07) is 4.45. The Labute approximate surface area is 117 Å². The summed E-state index contributed by atoms with van der Waals surface area (Å²) in [4.78, 5) is 10.4. The first kappa shape index (κ1) is 14.5. The summed E-state index contributed by atoms with van der Waals surface area (Å²) in [5.41, 5.74) is 3.44. The van der Waals surface area contributed by atoms with Gasteiger partial charge in [0.25, 0.3) is 5.69 Å². The van der Waals surface area contributed by atoms with E-state index in [0.717, 1.165) is 32.1 Å². The lowest BCUT2D eigenvalue weighted by Crippen LogP contribution is -2.32. The number of rotatable bonds is 4. The maximum Gasteiger partial charge on any atom is 0.273 e. The summed E-state index contributed by atoms with van der Waals surface area (Å²) in [7, 11) is 0. The largest absolute Gasteiger partial charge is 0.391 e. The zero-order valence-electron chi connectivity index (χ0n) is 11.2. The van der Waals surface area contributed by atoms with E-state index in [1.807, 2.05) is 0 Å². The molecule has 2 atom stereocenters. The first-order chi connectivity index (χ1) is 9.60. The number of non-ortho nitro benzene ring substituents is 1. The van der Waals surface area contributed by atoms with E-state index in [9.17, 15) is 15.2 Å². The van der Waals surface area contributed by atoms with Crippen LogP contribution in [-0.4, -0.2) is 22.2 Å². The van der Waals surface area contributed by atoms with Crippen LogP contribution >= 0.6 is 0 Å². The van der Waals surface area contributed by atoms with E-state index in [0.29, 0.717) is 11.4 Å². The van der Waals surface area contributed by atoms with Crippen LogP contribution in [0.4, 0.5) is 17.1 Å². The summed E-state index contributed by atoms with van der Waals surface area (Å²) < 4.78 is 0. The van der Waals surface area contributed by atoms with Gasteiger partial charge < -0.3 is 15.8 Å². The van der Waals surface area contributed by atoms with Crippen molar-refractivity contribution < 1.29 is 10.0 Å². The number of aliphatic hydroxyl groups is 1. The molecule has 110 valence electrons. The van der Waals surface area contributed by atoms with Crippen molar-refractivity contribution >= 4 is 17.1 Å². The van der Waals surface area contributed by atoms with Gasteiger partial charge >= 0.3 is 0 Å². The fourth-order valence-corrected chi connectivity index (χ4v) is 2.55. The van der Waals surface area contributed by atoms with Crippen LogP contribution in [-0.2, 0) is 0 Å². The van der Waals surface area contributed by atoms with E-state index < -0.39 is 11.0 Å². The Bertz CT molecular complexity index is 481.